The Morgan fingerprint density at radius 2 is 1.65 bits per heavy atom. The Labute approximate surface area is 134 Å². The summed E-state index contributed by atoms with van der Waals surface area (Å²) >= 11 is 0. The van der Waals surface area contributed by atoms with Crippen LogP contribution in [0.2, 0.25) is 0 Å². The molecule has 3 aromatic rings. The average molecular weight is 308 g/mol. The van der Waals surface area contributed by atoms with Crippen molar-refractivity contribution in [1.29, 1.82) is 0 Å². The summed E-state index contributed by atoms with van der Waals surface area (Å²) in [6, 6.07) is 19.4. The summed E-state index contributed by atoms with van der Waals surface area (Å²) in [5, 5.41) is 7.87. The summed E-state index contributed by atoms with van der Waals surface area (Å²) in [6.07, 6.45) is 0. The van der Waals surface area contributed by atoms with Crippen molar-refractivity contribution in [3.63, 3.8) is 0 Å². The van der Waals surface area contributed by atoms with E-state index in [1.807, 2.05) is 37.3 Å². The van der Waals surface area contributed by atoms with Gasteiger partial charge in [0.1, 0.15) is 5.82 Å². The number of hydrogen-bond donors (Lipinski definition) is 2. The molecule has 0 aliphatic heterocycles. The van der Waals surface area contributed by atoms with E-state index in [9.17, 15) is 9.18 Å². The molecule has 3 rings (SSSR count). The molecule has 0 unspecified atom stereocenters. The normalized spacial score (nSPS) is 11.9. The van der Waals surface area contributed by atoms with Crippen molar-refractivity contribution in [3.8, 4) is 0 Å². The van der Waals surface area contributed by atoms with Gasteiger partial charge in [-0.05, 0) is 53.6 Å². The van der Waals surface area contributed by atoms with Gasteiger partial charge in [-0.25, -0.2) is 9.18 Å². The molecule has 0 heterocycles. The molecule has 0 aliphatic carbocycles. The van der Waals surface area contributed by atoms with E-state index in [0.717, 1.165) is 10.9 Å². The Kier molecular flexibility index (Phi) is 4.24. The number of rotatable bonds is 3. The van der Waals surface area contributed by atoms with Gasteiger partial charge < -0.3 is 10.6 Å². The Hall–Kier alpha value is -2.88. The molecule has 2 N–H and O–H groups in total. The number of benzene rings is 3. The maximum atomic E-state index is 12.9. The highest BCUT2D eigenvalue weighted by atomic mass is 19.1. The molecular formula is C19H17FN2O. The van der Waals surface area contributed by atoms with E-state index in [-0.39, 0.29) is 17.9 Å². The lowest BCUT2D eigenvalue weighted by Gasteiger charge is -2.16. The van der Waals surface area contributed by atoms with Crippen molar-refractivity contribution in [2.24, 2.45) is 0 Å². The van der Waals surface area contributed by atoms with Gasteiger partial charge in [-0.15, -0.1) is 0 Å². The monoisotopic (exact) mass is 308 g/mol. The first-order chi connectivity index (χ1) is 11.1. The molecule has 3 aromatic carbocycles. The van der Waals surface area contributed by atoms with E-state index in [1.165, 1.54) is 29.7 Å². The summed E-state index contributed by atoms with van der Waals surface area (Å²) in [6.45, 7) is 1.92. The molecule has 116 valence electrons. The van der Waals surface area contributed by atoms with Crippen molar-refractivity contribution in [2.45, 2.75) is 13.0 Å². The maximum absolute atomic E-state index is 12.9. The van der Waals surface area contributed by atoms with Crippen molar-refractivity contribution >= 4 is 22.5 Å². The van der Waals surface area contributed by atoms with Crippen LogP contribution in [0.15, 0.2) is 66.7 Å². The fourth-order valence-electron chi connectivity index (χ4n) is 2.46. The second-order valence-electron chi connectivity index (χ2n) is 5.43. The molecule has 0 aromatic heterocycles. The smallest absolute Gasteiger partial charge is 0.319 e. The van der Waals surface area contributed by atoms with Crippen LogP contribution >= 0.6 is 0 Å². The lowest BCUT2D eigenvalue weighted by Crippen LogP contribution is -2.31. The first-order valence-corrected chi connectivity index (χ1v) is 7.43. The standard InChI is InChI=1S/C19H17FN2O/c1-13(15-7-6-14-4-2-3-5-16(14)12-15)21-19(23)22-18-10-8-17(20)9-11-18/h2-13H,1H3,(H2,21,22,23)/t13-/m0/s1. The number of carbonyl (C=O) groups excluding carboxylic acids is 1. The molecule has 23 heavy (non-hydrogen) atoms. The van der Waals surface area contributed by atoms with Crippen LogP contribution in [-0.4, -0.2) is 6.03 Å². The zero-order chi connectivity index (χ0) is 16.2. The quantitative estimate of drug-likeness (QED) is 0.712. The van der Waals surface area contributed by atoms with Crippen molar-refractivity contribution in [1.82, 2.24) is 5.32 Å². The number of urea groups is 1. The Morgan fingerprint density at radius 1 is 0.957 bits per heavy atom. The van der Waals surface area contributed by atoms with Crippen LogP contribution in [-0.2, 0) is 0 Å². The fraction of sp³-hybridized carbons (Fsp3) is 0.105. The molecule has 0 saturated carbocycles. The van der Waals surface area contributed by atoms with Gasteiger partial charge in [0.2, 0.25) is 0 Å². The summed E-state index contributed by atoms with van der Waals surface area (Å²) in [7, 11) is 0. The molecule has 0 bridgehead atoms. The van der Waals surface area contributed by atoms with Gasteiger partial charge in [-0.2, -0.15) is 0 Å². The van der Waals surface area contributed by atoms with Crippen LogP contribution in [0, 0.1) is 5.82 Å². The molecule has 0 aliphatic rings. The minimum Gasteiger partial charge on any atom is -0.331 e. The molecule has 2 amide bonds. The van der Waals surface area contributed by atoms with Gasteiger partial charge in [-0.1, -0.05) is 36.4 Å². The SMILES string of the molecule is C[C@H](NC(=O)Nc1ccc(F)cc1)c1ccc2ccccc2c1. The third-order valence-corrected chi connectivity index (χ3v) is 3.72. The summed E-state index contributed by atoms with van der Waals surface area (Å²) in [4.78, 5) is 12.0. The van der Waals surface area contributed by atoms with E-state index < -0.39 is 0 Å². The van der Waals surface area contributed by atoms with E-state index in [1.54, 1.807) is 0 Å². The van der Waals surface area contributed by atoms with Crippen LogP contribution in [0.5, 0.6) is 0 Å². The number of nitrogens with one attached hydrogen (secondary N) is 2. The molecular weight excluding hydrogens is 291 g/mol. The Morgan fingerprint density at radius 3 is 2.39 bits per heavy atom. The fourth-order valence-corrected chi connectivity index (χ4v) is 2.46. The summed E-state index contributed by atoms with van der Waals surface area (Å²) in [5.41, 5.74) is 1.58. The minimum atomic E-state index is -0.333. The highest BCUT2D eigenvalue weighted by Crippen LogP contribution is 2.20. The van der Waals surface area contributed by atoms with Crippen LogP contribution in [0.4, 0.5) is 14.9 Å². The molecule has 0 radical (unpaired) electrons. The van der Waals surface area contributed by atoms with Gasteiger partial charge in [0, 0.05) is 5.69 Å². The third-order valence-electron chi connectivity index (χ3n) is 3.72. The van der Waals surface area contributed by atoms with Crippen LogP contribution < -0.4 is 10.6 Å². The molecule has 3 nitrogen and oxygen atoms in total. The topological polar surface area (TPSA) is 41.1 Å². The molecule has 4 heteroatoms. The first kappa shape index (κ1) is 15.0. The lowest BCUT2D eigenvalue weighted by atomic mass is 10.0. The minimum absolute atomic E-state index is 0.139. The van der Waals surface area contributed by atoms with Crippen molar-refractivity contribution in [3.05, 3.63) is 78.1 Å². The molecule has 0 spiro atoms. The second kappa shape index (κ2) is 6.48. The third kappa shape index (κ3) is 3.66. The second-order valence-corrected chi connectivity index (χ2v) is 5.43. The predicted molar refractivity (Wildman–Crippen MR) is 90.9 cm³/mol. The number of halogens is 1. The predicted octanol–water partition coefficient (Wildman–Crippen LogP) is 4.86. The van der Waals surface area contributed by atoms with E-state index in [0.29, 0.717) is 5.69 Å². The van der Waals surface area contributed by atoms with Gasteiger partial charge >= 0.3 is 6.03 Å². The lowest BCUT2D eigenvalue weighted by molar-refractivity contribution is 0.249. The van der Waals surface area contributed by atoms with Crippen LogP contribution in [0.3, 0.4) is 0 Å². The maximum Gasteiger partial charge on any atom is 0.319 e. The van der Waals surface area contributed by atoms with E-state index >= 15 is 0 Å². The van der Waals surface area contributed by atoms with E-state index in [2.05, 4.69) is 22.8 Å². The number of amides is 2. The van der Waals surface area contributed by atoms with Gasteiger partial charge in [-0.3, -0.25) is 0 Å². The number of fused-ring (bicyclic) bond motifs is 1. The van der Waals surface area contributed by atoms with Crippen molar-refractivity contribution < 1.29 is 9.18 Å². The van der Waals surface area contributed by atoms with E-state index in [4.69, 9.17) is 0 Å². The summed E-state index contributed by atoms with van der Waals surface area (Å²) in [5.74, 6) is -0.333. The van der Waals surface area contributed by atoms with Crippen molar-refractivity contribution in [2.75, 3.05) is 5.32 Å². The van der Waals surface area contributed by atoms with Gasteiger partial charge in [0.25, 0.3) is 0 Å². The highest BCUT2D eigenvalue weighted by Gasteiger charge is 2.10. The van der Waals surface area contributed by atoms with Gasteiger partial charge in [0.05, 0.1) is 6.04 Å². The highest BCUT2D eigenvalue weighted by molar-refractivity contribution is 5.89. The molecule has 1 atom stereocenters. The zero-order valence-corrected chi connectivity index (χ0v) is 12.7. The van der Waals surface area contributed by atoms with Gasteiger partial charge in [0.15, 0.2) is 0 Å². The molecule has 0 saturated heterocycles. The number of carbonyl (C=O) groups is 1. The Bertz CT molecular complexity index is 830. The van der Waals surface area contributed by atoms with Crippen LogP contribution in [0.1, 0.15) is 18.5 Å². The number of hydrogen-bond acceptors (Lipinski definition) is 1. The van der Waals surface area contributed by atoms with Crippen LogP contribution in [0.25, 0.3) is 10.8 Å². The number of anilines is 1. The summed E-state index contributed by atoms with van der Waals surface area (Å²) < 4.78 is 12.9. The molecule has 0 fully saturated rings. The zero-order valence-electron chi connectivity index (χ0n) is 12.7. The Balaban J connectivity index is 1.68. The average Bonchev–Trinajstić information content (AvgIpc) is 2.56. The first-order valence-electron chi connectivity index (χ1n) is 7.43. The largest absolute Gasteiger partial charge is 0.331 e.